The molecule has 0 aromatic carbocycles. The third-order valence-electron chi connectivity index (χ3n) is 2.37. The first-order chi connectivity index (χ1) is 6.60. The topological polar surface area (TPSA) is 47.3 Å². The molecule has 0 amide bonds. The Morgan fingerprint density at radius 1 is 1.64 bits per heavy atom. The molecule has 4 nitrogen and oxygen atoms in total. The van der Waals surface area contributed by atoms with Crippen molar-refractivity contribution in [1.29, 1.82) is 0 Å². The Balaban J connectivity index is 2.70. The Labute approximate surface area is 84.5 Å². The molecule has 1 rings (SSSR count). The summed E-state index contributed by atoms with van der Waals surface area (Å²) in [7, 11) is 1.63. The molecule has 0 saturated carbocycles. The number of aryl methyl sites for hydroxylation is 1. The van der Waals surface area contributed by atoms with Gasteiger partial charge in [-0.2, -0.15) is 5.10 Å². The van der Waals surface area contributed by atoms with E-state index in [2.05, 4.69) is 5.10 Å². The highest BCUT2D eigenvalue weighted by atomic mass is 16.5. The molecule has 1 aromatic rings. The molecule has 0 aliphatic rings. The molecule has 4 heteroatoms. The number of methoxy groups -OCH3 is 1. The highest BCUT2D eigenvalue weighted by Gasteiger charge is 2.24. The lowest BCUT2D eigenvalue weighted by Gasteiger charge is -2.20. The molecular weight excluding hydrogens is 180 g/mol. The average molecular weight is 198 g/mol. The first kappa shape index (κ1) is 11.2. The zero-order chi connectivity index (χ0) is 10.6. The normalized spacial score (nSPS) is 15.4. The highest BCUT2D eigenvalue weighted by Crippen LogP contribution is 2.23. The minimum Gasteiger partial charge on any atom is -0.385 e. The second-order valence-electron chi connectivity index (χ2n) is 3.60. The quantitative estimate of drug-likeness (QED) is 0.772. The summed E-state index contributed by atoms with van der Waals surface area (Å²) in [5.74, 6) is 0. The summed E-state index contributed by atoms with van der Waals surface area (Å²) in [5.41, 5.74) is 0.0000694. The molecule has 80 valence electrons. The van der Waals surface area contributed by atoms with Crippen LogP contribution in [0.25, 0.3) is 0 Å². The van der Waals surface area contributed by atoms with E-state index < -0.39 is 5.60 Å². The molecule has 0 radical (unpaired) electrons. The van der Waals surface area contributed by atoms with Gasteiger partial charge in [0.15, 0.2) is 0 Å². The number of aromatic nitrogens is 2. The number of aliphatic hydroxyl groups is 1. The third-order valence-corrected chi connectivity index (χ3v) is 2.37. The summed E-state index contributed by atoms with van der Waals surface area (Å²) in [6.07, 6.45) is 4.16. The van der Waals surface area contributed by atoms with Gasteiger partial charge in [0.25, 0.3) is 0 Å². The Hall–Kier alpha value is -0.870. The van der Waals surface area contributed by atoms with Crippen LogP contribution in [-0.4, -0.2) is 28.6 Å². The van der Waals surface area contributed by atoms with E-state index in [0.717, 1.165) is 12.1 Å². The van der Waals surface area contributed by atoms with E-state index in [1.807, 2.05) is 13.1 Å². The van der Waals surface area contributed by atoms with Crippen LogP contribution in [0.1, 0.15) is 25.8 Å². The van der Waals surface area contributed by atoms with E-state index in [0.29, 0.717) is 13.0 Å². The van der Waals surface area contributed by atoms with Crippen LogP contribution < -0.4 is 0 Å². The number of ether oxygens (including phenoxy) is 1. The van der Waals surface area contributed by atoms with Crippen LogP contribution in [0.5, 0.6) is 0 Å². The van der Waals surface area contributed by atoms with Crippen molar-refractivity contribution in [2.45, 2.75) is 32.4 Å². The van der Waals surface area contributed by atoms with Gasteiger partial charge in [0.1, 0.15) is 0 Å². The van der Waals surface area contributed by atoms with Gasteiger partial charge in [-0.25, -0.2) is 0 Å². The van der Waals surface area contributed by atoms with E-state index in [9.17, 15) is 5.11 Å². The molecule has 1 aromatic heterocycles. The predicted molar refractivity (Wildman–Crippen MR) is 54.0 cm³/mol. The maximum absolute atomic E-state index is 10.1. The Morgan fingerprint density at radius 3 is 2.86 bits per heavy atom. The summed E-state index contributed by atoms with van der Waals surface area (Å²) < 4.78 is 6.75. The van der Waals surface area contributed by atoms with Gasteiger partial charge in [0.2, 0.25) is 0 Å². The number of rotatable bonds is 5. The fourth-order valence-corrected chi connectivity index (χ4v) is 1.26. The molecule has 0 saturated heterocycles. The average Bonchev–Trinajstić information content (AvgIpc) is 2.63. The molecule has 14 heavy (non-hydrogen) atoms. The standard InChI is InChI=1S/C10H18N2O2/c1-4-12-8-9(7-11-12)10(2,13)5-6-14-3/h7-8,13H,4-6H2,1-3H3. The van der Waals surface area contributed by atoms with Crippen LogP contribution in [0.2, 0.25) is 0 Å². The van der Waals surface area contributed by atoms with Crippen molar-refractivity contribution in [2.24, 2.45) is 0 Å². The van der Waals surface area contributed by atoms with Gasteiger partial charge in [-0.05, 0) is 13.8 Å². The maximum Gasteiger partial charge on any atom is 0.0920 e. The zero-order valence-corrected chi connectivity index (χ0v) is 9.03. The smallest absolute Gasteiger partial charge is 0.0920 e. The van der Waals surface area contributed by atoms with E-state index in [1.165, 1.54) is 0 Å². The van der Waals surface area contributed by atoms with E-state index in [4.69, 9.17) is 4.74 Å². The Bertz CT molecular complexity index is 281. The van der Waals surface area contributed by atoms with Crippen LogP contribution in [0.3, 0.4) is 0 Å². The van der Waals surface area contributed by atoms with Crippen molar-refractivity contribution in [1.82, 2.24) is 9.78 Å². The summed E-state index contributed by atoms with van der Waals surface area (Å²) in [5, 5.41) is 14.2. The minimum absolute atomic E-state index is 0.546. The van der Waals surface area contributed by atoms with Gasteiger partial charge in [0.05, 0.1) is 11.8 Å². The monoisotopic (exact) mass is 198 g/mol. The van der Waals surface area contributed by atoms with Crippen molar-refractivity contribution in [3.05, 3.63) is 18.0 Å². The third kappa shape index (κ3) is 2.56. The summed E-state index contributed by atoms with van der Waals surface area (Å²) in [6, 6.07) is 0. The van der Waals surface area contributed by atoms with Crippen molar-refractivity contribution >= 4 is 0 Å². The second-order valence-corrected chi connectivity index (χ2v) is 3.60. The molecule has 1 heterocycles. The first-order valence-electron chi connectivity index (χ1n) is 4.84. The van der Waals surface area contributed by atoms with E-state index in [1.54, 1.807) is 24.9 Å². The molecule has 0 fully saturated rings. The molecule has 1 atom stereocenters. The van der Waals surface area contributed by atoms with E-state index >= 15 is 0 Å². The molecule has 0 aliphatic heterocycles. The van der Waals surface area contributed by atoms with Gasteiger partial charge in [-0.15, -0.1) is 0 Å². The summed E-state index contributed by atoms with van der Waals surface area (Å²) in [4.78, 5) is 0. The lowest BCUT2D eigenvalue weighted by molar-refractivity contribution is 0.0210. The van der Waals surface area contributed by atoms with Crippen molar-refractivity contribution in [3.63, 3.8) is 0 Å². The number of hydrogen-bond acceptors (Lipinski definition) is 3. The molecule has 0 bridgehead atoms. The van der Waals surface area contributed by atoms with Gasteiger partial charge in [0, 0.05) is 38.4 Å². The first-order valence-corrected chi connectivity index (χ1v) is 4.84. The summed E-state index contributed by atoms with van der Waals surface area (Å²) >= 11 is 0. The fourth-order valence-electron chi connectivity index (χ4n) is 1.26. The summed E-state index contributed by atoms with van der Waals surface area (Å²) in [6.45, 7) is 5.16. The second kappa shape index (κ2) is 4.57. The van der Waals surface area contributed by atoms with Crippen LogP contribution in [0, 0.1) is 0 Å². The number of nitrogens with zero attached hydrogens (tertiary/aromatic N) is 2. The molecule has 1 unspecified atom stereocenters. The van der Waals surface area contributed by atoms with Gasteiger partial charge in [-0.3, -0.25) is 4.68 Å². The molecule has 0 aliphatic carbocycles. The SMILES string of the molecule is CCn1cc(C(C)(O)CCOC)cn1. The van der Waals surface area contributed by atoms with Gasteiger partial charge in [-0.1, -0.05) is 0 Å². The molecular formula is C10H18N2O2. The van der Waals surface area contributed by atoms with Gasteiger partial charge < -0.3 is 9.84 Å². The van der Waals surface area contributed by atoms with Crippen LogP contribution in [0.15, 0.2) is 12.4 Å². The molecule has 1 N–H and O–H groups in total. The zero-order valence-electron chi connectivity index (χ0n) is 9.03. The Morgan fingerprint density at radius 2 is 2.36 bits per heavy atom. The Kier molecular flexibility index (Phi) is 3.66. The predicted octanol–water partition coefficient (Wildman–Crippen LogP) is 1.15. The minimum atomic E-state index is -0.844. The van der Waals surface area contributed by atoms with Crippen LogP contribution in [-0.2, 0) is 16.9 Å². The fraction of sp³-hybridized carbons (Fsp3) is 0.700. The lowest BCUT2D eigenvalue weighted by atomic mass is 9.96. The van der Waals surface area contributed by atoms with Crippen LogP contribution >= 0.6 is 0 Å². The number of hydrogen-bond donors (Lipinski definition) is 1. The maximum atomic E-state index is 10.1. The van der Waals surface area contributed by atoms with E-state index in [-0.39, 0.29) is 0 Å². The molecule has 0 spiro atoms. The van der Waals surface area contributed by atoms with Crippen LogP contribution in [0.4, 0.5) is 0 Å². The van der Waals surface area contributed by atoms with Crippen molar-refractivity contribution in [3.8, 4) is 0 Å². The largest absolute Gasteiger partial charge is 0.385 e. The van der Waals surface area contributed by atoms with Crippen molar-refractivity contribution < 1.29 is 9.84 Å². The van der Waals surface area contributed by atoms with Crippen molar-refractivity contribution in [2.75, 3.05) is 13.7 Å². The lowest BCUT2D eigenvalue weighted by Crippen LogP contribution is -2.22. The highest BCUT2D eigenvalue weighted by molar-refractivity contribution is 5.13. The van der Waals surface area contributed by atoms with Gasteiger partial charge >= 0.3 is 0 Å².